The summed E-state index contributed by atoms with van der Waals surface area (Å²) in [5.74, 6) is -0.233. The molecule has 0 saturated carbocycles. The van der Waals surface area contributed by atoms with Gasteiger partial charge in [-0.15, -0.1) is 12.6 Å². The smallest absolute Gasteiger partial charge is 0.123 e. The molecule has 1 aromatic carbocycles. The van der Waals surface area contributed by atoms with Gasteiger partial charge in [-0.2, -0.15) is 0 Å². The SMILES string of the molecule is Fc1cccc(C2NNC(S)N2)c1. The van der Waals surface area contributed by atoms with Crippen molar-refractivity contribution in [1.29, 1.82) is 0 Å². The van der Waals surface area contributed by atoms with Crippen molar-refractivity contribution < 1.29 is 4.39 Å². The zero-order valence-electron chi connectivity index (χ0n) is 6.79. The van der Waals surface area contributed by atoms with Crippen LogP contribution in [-0.4, -0.2) is 5.50 Å². The molecule has 0 amide bonds. The number of rotatable bonds is 1. The van der Waals surface area contributed by atoms with Crippen LogP contribution < -0.4 is 16.2 Å². The maximum absolute atomic E-state index is 12.8. The third-order valence-corrected chi connectivity index (χ3v) is 2.15. The molecule has 1 heterocycles. The standard InChI is InChI=1S/C8H10FN3S/c9-6-3-1-2-5(4-6)7-10-8(13)12-11-7/h1-4,7-8,10-13H. The highest BCUT2D eigenvalue weighted by atomic mass is 32.1. The van der Waals surface area contributed by atoms with Crippen molar-refractivity contribution in [3.8, 4) is 0 Å². The summed E-state index contributed by atoms with van der Waals surface area (Å²) >= 11 is 4.15. The van der Waals surface area contributed by atoms with Gasteiger partial charge in [0.15, 0.2) is 0 Å². The van der Waals surface area contributed by atoms with Crippen LogP contribution in [0.4, 0.5) is 4.39 Å². The van der Waals surface area contributed by atoms with Crippen LogP contribution in [0.25, 0.3) is 0 Å². The monoisotopic (exact) mass is 199 g/mol. The van der Waals surface area contributed by atoms with E-state index in [4.69, 9.17) is 0 Å². The fourth-order valence-corrected chi connectivity index (χ4v) is 1.49. The number of thiol groups is 1. The minimum absolute atomic E-state index is 0.0850. The van der Waals surface area contributed by atoms with Gasteiger partial charge in [-0.05, 0) is 17.7 Å². The number of benzene rings is 1. The van der Waals surface area contributed by atoms with Crippen LogP contribution in [-0.2, 0) is 0 Å². The van der Waals surface area contributed by atoms with Gasteiger partial charge in [0.25, 0.3) is 0 Å². The molecule has 1 fully saturated rings. The summed E-state index contributed by atoms with van der Waals surface area (Å²) in [5.41, 5.74) is 6.56. The molecule has 13 heavy (non-hydrogen) atoms. The van der Waals surface area contributed by atoms with Crippen molar-refractivity contribution >= 4 is 12.6 Å². The highest BCUT2D eigenvalue weighted by Gasteiger charge is 2.20. The van der Waals surface area contributed by atoms with E-state index in [2.05, 4.69) is 28.8 Å². The molecule has 0 aromatic heterocycles. The normalized spacial score (nSPS) is 27.8. The number of nitrogens with one attached hydrogen (secondary N) is 3. The summed E-state index contributed by atoms with van der Waals surface area (Å²) in [7, 11) is 0. The maximum Gasteiger partial charge on any atom is 0.123 e. The Labute approximate surface area is 81.1 Å². The first-order valence-corrected chi connectivity index (χ1v) is 4.48. The molecule has 2 atom stereocenters. The summed E-state index contributed by atoms with van der Waals surface area (Å²) < 4.78 is 12.8. The Morgan fingerprint density at radius 3 is 2.77 bits per heavy atom. The molecule has 0 radical (unpaired) electrons. The molecule has 70 valence electrons. The van der Waals surface area contributed by atoms with Gasteiger partial charge < -0.3 is 0 Å². The summed E-state index contributed by atoms with van der Waals surface area (Å²) in [5, 5.41) is 3.07. The molecule has 1 aromatic rings. The summed E-state index contributed by atoms with van der Waals surface area (Å²) in [6.07, 6.45) is -0.0850. The third-order valence-electron chi connectivity index (χ3n) is 1.87. The zero-order valence-corrected chi connectivity index (χ0v) is 7.68. The zero-order chi connectivity index (χ0) is 9.26. The molecule has 5 heteroatoms. The number of hydrogen-bond acceptors (Lipinski definition) is 4. The lowest BCUT2D eigenvalue weighted by atomic mass is 10.2. The minimum Gasteiger partial charge on any atom is -0.272 e. The fraction of sp³-hybridized carbons (Fsp3) is 0.250. The van der Waals surface area contributed by atoms with E-state index >= 15 is 0 Å². The molecule has 1 aliphatic heterocycles. The largest absolute Gasteiger partial charge is 0.272 e. The van der Waals surface area contributed by atoms with Crippen LogP contribution in [0.15, 0.2) is 24.3 Å². The quantitative estimate of drug-likeness (QED) is 0.504. The molecular formula is C8H10FN3S. The van der Waals surface area contributed by atoms with E-state index < -0.39 is 0 Å². The van der Waals surface area contributed by atoms with Crippen LogP contribution in [0.3, 0.4) is 0 Å². The molecule has 3 N–H and O–H groups in total. The van der Waals surface area contributed by atoms with Gasteiger partial charge in [-0.3, -0.25) is 5.32 Å². The van der Waals surface area contributed by atoms with Gasteiger partial charge in [0.2, 0.25) is 0 Å². The molecular weight excluding hydrogens is 189 g/mol. The maximum atomic E-state index is 12.8. The van der Waals surface area contributed by atoms with Crippen LogP contribution in [0.1, 0.15) is 11.7 Å². The fourth-order valence-electron chi connectivity index (χ4n) is 1.27. The van der Waals surface area contributed by atoms with Crippen molar-refractivity contribution in [3.63, 3.8) is 0 Å². The Hall–Kier alpha value is -0.620. The van der Waals surface area contributed by atoms with Gasteiger partial charge in [0, 0.05) is 0 Å². The predicted molar refractivity (Wildman–Crippen MR) is 51.3 cm³/mol. The van der Waals surface area contributed by atoms with Crippen LogP contribution in [0, 0.1) is 5.82 Å². The lowest BCUT2D eigenvalue weighted by Gasteiger charge is -2.09. The van der Waals surface area contributed by atoms with Crippen molar-refractivity contribution in [3.05, 3.63) is 35.6 Å². The van der Waals surface area contributed by atoms with Gasteiger partial charge >= 0.3 is 0 Å². The first kappa shape index (κ1) is 8.96. The minimum atomic E-state index is -0.233. The molecule has 1 saturated heterocycles. The van der Waals surface area contributed by atoms with Crippen molar-refractivity contribution in [2.45, 2.75) is 11.7 Å². The molecule has 0 bridgehead atoms. The van der Waals surface area contributed by atoms with E-state index in [0.29, 0.717) is 0 Å². The molecule has 0 aliphatic carbocycles. The Morgan fingerprint density at radius 2 is 2.15 bits per heavy atom. The highest BCUT2D eigenvalue weighted by Crippen LogP contribution is 2.14. The Bertz CT molecular complexity index is 307. The lowest BCUT2D eigenvalue weighted by Crippen LogP contribution is -2.28. The molecule has 2 rings (SSSR count). The van der Waals surface area contributed by atoms with Crippen LogP contribution in [0.5, 0.6) is 0 Å². The summed E-state index contributed by atoms with van der Waals surface area (Å²) in [6.45, 7) is 0. The summed E-state index contributed by atoms with van der Waals surface area (Å²) in [4.78, 5) is 0. The van der Waals surface area contributed by atoms with Gasteiger partial charge in [-0.1, -0.05) is 12.1 Å². The number of hydrazine groups is 1. The molecule has 2 unspecified atom stereocenters. The average Bonchev–Trinajstić information content (AvgIpc) is 2.52. The van der Waals surface area contributed by atoms with E-state index in [0.717, 1.165) is 5.56 Å². The second-order valence-electron chi connectivity index (χ2n) is 2.85. The van der Waals surface area contributed by atoms with Crippen LogP contribution >= 0.6 is 12.6 Å². The van der Waals surface area contributed by atoms with Crippen molar-refractivity contribution in [2.24, 2.45) is 0 Å². The van der Waals surface area contributed by atoms with Crippen LogP contribution in [0.2, 0.25) is 0 Å². The predicted octanol–water partition coefficient (Wildman–Crippen LogP) is 0.735. The second kappa shape index (κ2) is 3.63. The Kier molecular flexibility index (Phi) is 2.50. The molecule has 1 aliphatic rings. The third kappa shape index (κ3) is 2.00. The van der Waals surface area contributed by atoms with E-state index in [1.54, 1.807) is 6.07 Å². The van der Waals surface area contributed by atoms with Crippen molar-refractivity contribution in [1.82, 2.24) is 16.2 Å². The van der Waals surface area contributed by atoms with Gasteiger partial charge in [0.1, 0.15) is 11.3 Å². The van der Waals surface area contributed by atoms with E-state index in [1.165, 1.54) is 12.1 Å². The lowest BCUT2D eigenvalue weighted by molar-refractivity contribution is 0.547. The summed E-state index contributed by atoms with van der Waals surface area (Å²) in [6, 6.07) is 6.43. The highest BCUT2D eigenvalue weighted by molar-refractivity contribution is 7.80. The first-order valence-electron chi connectivity index (χ1n) is 3.96. The second-order valence-corrected chi connectivity index (χ2v) is 3.36. The Morgan fingerprint density at radius 1 is 1.31 bits per heavy atom. The topological polar surface area (TPSA) is 36.1 Å². The van der Waals surface area contributed by atoms with E-state index in [-0.39, 0.29) is 17.5 Å². The van der Waals surface area contributed by atoms with E-state index in [1.807, 2.05) is 6.07 Å². The number of hydrogen-bond donors (Lipinski definition) is 4. The van der Waals surface area contributed by atoms with E-state index in [9.17, 15) is 4.39 Å². The molecule has 0 spiro atoms. The van der Waals surface area contributed by atoms with Gasteiger partial charge in [0.05, 0.1) is 6.17 Å². The first-order chi connectivity index (χ1) is 6.25. The molecule has 3 nitrogen and oxygen atoms in total. The average molecular weight is 199 g/mol. The van der Waals surface area contributed by atoms with Gasteiger partial charge in [-0.25, -0.2) is 15.2 Å². The van der Waals surface area contributed by atoms with Crippen molar-refractivity contribution in [2.75, 3.05) is 0 Å². The number of halogens is 1. The Balaban J connectivity index is 2.16.